The van der Waals surface area contributed by atoms with E-state index >= 15 is 0 Å². The van der Waals surface area contributed by atoms with Crippen molar-refractivity contribution in [3.63, 3.8) is 0 Å². The predicted molar refractivity (Wildman–Crippen MR) is 75.8 cm³/mol. The highest BCUT2D eigenvalue weighted by Gasteiger charge is 2.26. The van der Waals surface area contributed by atoms with Gasteiger partial charge in [0.05, 0.1) is 4.92 Å². The minimum Gasteiger partial charge on any atom is -0.364 e. The van der Waals surface area contributed by atoms with Crippen molar-refractivity contribution in [3.05, 3.63) is 15.8 Å². The van der Waals surface area contributed by atoms with Gasteiger partial charge in [-0.2, -0.15) is 5.10 Å². The van der Waals surface area contributed by atoms with Gasteiger partial charge >= 0.3 is 5.69 Å². The number of nitrogens with zero attached hydrogens (tertiary/aromatic N) is 3. The molecule has 0 aromatic carbocycles. The number of nitro groups is 1. The summed E-state index contributed by atoms with van der Waals surface area (Å²) in [5, 5.41) is 20.9. The summed E-state index contributed by atoms with van der Waals surface area (Å²) >= 11 is 0. The van der Waals surface area contributed by atoms with E-state index < -0.39 is 4.92 Å². The van der Waals surface area contributed by atoms with E-state index in [1.165, 1.54) is 0 Å². The fourth-order valence-electron chi connectivity index (χ4n) is 1.88. The molecule has 0 radical (unpaired) electrons. The number of aromatic nitrogens is 2. The van der Waals surface area contributed by atoms with Crippen LogP contribution >= 0.6 is 0 Å². The lowest BCUT2D eigenvalue weighted by Crippen LogP contribution is -2.25. The minimum absolute atomic E-state index is 0.00521. The van der Waals surface area contributed by atoms with Crippen molar-refractivity contribution in [2.24, 2.45) is 0 Å². The first-order valence-electron chi connectivity index (χ1n) is 6.62. The molecule has 0 bridgehead atoms. The largest absolute Gasteiger partial charge is 0.364 e. The first kappa shape index (κ1) is 15.9. The normalized spacial score (nSPS) is 10.7. The molecule has 8 nitrogen and oxygen atoms in total. The number of carbonyl (C=O) groups is 1. The quantitative estimate of drug-likeness (QED) is 0.584. The van der Waals surface area contributed by atoms with Crippen molar-refractivity contribution in [1.82, 2.24) is 15.1 Å². The second-order valence-electron chi connectivity index (χ2n) is 4.71. The molecular weight excluding hydrogens is 262 g/mol. The number of nitrogens with one attached hydrogen (secondary N) is 2. The van der Waals surface area contributed by atoms with E-state index in [-0.39, 0.29) is 24.1 Å². The van der Waals surface area contributed by atoms with Crippen LogP contribution in [0.4, 0.5) is 11.5 Å². The van der Waals surface area contributed by atoms with E-state index in [0.29, 0.717) is 24.6 Å². The van der Waals surface area contributed by atoms with Crippen molar-refractivity contribution < 1.29 is 9.72 Å². The number of carbonyl (C=O) groups excluding carboxylic acids is 1. The average Bonchev–Trinajstić information content (AvgIpc) is 2.67. The molecular formula is C12H21N5O3. The second kappa shape index (κ2) is 6.88. The van der Waals surface area contributed by atoms with Crippen LogP contribution in [0.25, 0.3) is 0 Å². The Bertz CT molecular complexity index is 496. The zero-order valence-electron chi connectivity index (χ0n) is 12.3. The SMILES string of the molecule is CCNC(=O)CCNc1c([N+](=O)[O-])c(C)nn1C(C)C. The summed E-state index contributed by atoms with van der Waals surface area (Å²) in [5.74, 6) is 0.266. The lowest BCUT2D eigenvalue weighted by atomic mass is 10.3. The van der Waals surface area contributed by atoms with Crippen LogP contribution in [0.1, 0.15) is 38.9 Å². The molecule has 2 N–H and O–H groups in total. The Morgan fingerprint density at radius 2 is 2.15 bits per heavy atom. The molecule has 1 aromatic heterocycles. The van der Waals surface area contributed by atoms with Crippen molar-refractivity contribution in [2.45, 2.75) is 40.2 Å². The van der Waals surface area contributed by atoms with Crippen LogP contribution in [-0.2, 0) is 4.79 Å². The fraction of sp³-hybridized carbons (Fsp3) is 0.667. The average molecular weight is 283 g/mol. The molecule has 0 fully saturated rings. The topological polar surface area (TPSA) is 102 Å². The molecule has 0 aliphatic carbocycles. The third-order valence-electron chi connectivity index (χ3n) is 2.74. The molecule has 0 aliphatic rings. The van der Waals surface area contributed by atoms with Gasteiger partial charge in [-0.25, -0.2) is 4.68 Å². The molecule has 0 atom stereocenters. The Balaban J connectivity index is 2.86. The van der Waals surface area contributed by atoms with E-state index in [2.05, 4.69) is 15.7 Å². The van der Waals surface area contributed by atoms with Crippen LogP contribution in [0.15, 0.2) is 0 Å². The number of rotatable bonds is 7. The molecule has 0 aliphatic heterocycles. The first-order valence-corrected chi connectivity index (χ1v) is 6.62. The molecule has 0 saturated heterocycles. The van der Waals surface area contributed by atoms with Gasteiger partial charge in [-0.15, -0.1) is 0 Å². The van der Waals surface area contributed by atoms with Gasteiger partial charge in [-0.05, 0) is 27.7 Å². The van der Waals surface area contributed by atoms with Gasteiger partial charge in [0.2, 0.25) is 11.7 Å². The van der Waals surface area contributed by atoms with E-state index in [4.69, 9.17) is 0 Å². The highest BCUT2D eigenvalue weighted by atomic mass is 16.6. The Hall–Kier alpha value is -2.12. The van der Waals surface area contributed by atoms with E-state index in [1.54, 1.807) is 11.6 Å². The summed E-state index contributed by atoms with van der Waals surface area (Å²) in [7, 11) is 0. The number of anilines is 1. The lowest BCUT2D eigenvalue weighted by molar-refractivity contribution is -0.384. The van der Waals surface area contributed by atoms with Gasteiger partial charge in [0.1, 0.15) is 5.69 Å². The smallest absolute Gasteiger partial charge is 0.333 e. The summed E-state index contributed by atoms with van der Waals surface area (Å²) in [6.07, 6.45) is 0.257. The van der Waals surface area contributed by atoms with Crippen LogP contribution in [0.2, 0.25) is 0 Å². The molecule has 1 rings (SSSR count). The molecule has 0 unspecified atom stereocenters. The van der Waals surface area contributed by atoms with Crippen LogP contribution < -0.4 is 10.6 Å². The molecule has 0 saturated carbocycles. The fourth-order valence-corrected chi connectivity index (χ4v) is 1.88. The third-order valence-corrected chi connectivity index (χ3v) is 2.74. The second-order valence-corrected chi connectivity index (χ2v) is 4.71. The lowest BCUT2D eigenvalue weighted by Gasteiger charge is -2.11. The highest BCUT2D eigenvalue weighted by molar-refractivity contribution is 5.76. The summed E-state index contributed by atoms with van der Waals surface area (Å²) in [6, 6.07) is -0.00521. The number of hydrogen-bond donors (Lipinski definition) is 2. The highest BCUT2D eigenvalue weighted by Crippen LogP contribution is 2.30. The predicted octanol–water partition coefficient (Wildman–Crippen LogP) is 1.62. The zero-order chi connectivity index (χ0) is 15.3. The Morgan fingerprint density at radius 1 is 1.50 bits per heavy atom. The van der Waals surface area contributed by atoms with Crippen LogP contribution in [0.3, 0.4) is 0 Å². The number of aryl methyl sites for hydroxylation is 1. The molecule has 8 heteroatoms. The monoisotopic (exact) mass is 283 g/mol. The van der Waals surface area contributed by atoms with E-state index in [0.717, 1.165) is 0 Å². The molecule has 1 aromatic rings. The van der Waals surface area contributed by atoms with Crippen molar-refractivity contribution in [3.8, 4) is 0 Å². The van der Waals surface area contributed by atoms with Gasteiger partial charge in [-0.3, -0.25) is 14.9 Å². The third kappa shape index (κ3) is 3.69. The minimum atomic E-state index is -0.449. The van der Waals surface area contributed by atoms with E-state index in [1.807, 2.05) is 20.8 Å². The molecule has 112 valence electrons. The number of amides is 1. The Labute approximate surface area is 117 Å². The van der Waals surface area contributed by atoms with Crippen molar-refractivity contribution >= 4 is 17.4 Å². The van der Waals surface area contributed by atoms with Crippen molar-refractivity contribution in [2.75, 3.05) is 18.4 Å². The Morgan fingerprint density at radius 3 is 2.65 bits per heavy atom. The summed E-state index contributed by atoms with van der Waals surface area (Å²) < 4.78 is 1.57. The van der Waals surface area contributed by atoms with Crippen LogP contribution in [0, 0.1) is 17.0 Å². The van der Waals surface area contributed by atoms with Gasteiger partial charge in [0.25, 0.3) is 0 Å². The molecule has 1 amide bonds. The first-order chi connectivity index (χ1) is 9.38. The van der Waals surface area contributed by atoms with Gasteiger partial charge in [0, 0.05) is 25.6 Å². The van der Waals surface area contributed by atoms with Crippen LogP contribution in [0.5, 0.6) is 0 Å². The Kier molecular flexibility index (Phi) is 5.48. The van der Waals surface area contributed by atoms with Crippen LogP contribution in [-0.4, -0.2) is 33.7 Å². The van der Waals surface area contributed by atoms with E-state index in [9.17, 15) is 14.9 Å². The summed E-state index contributed by atoms with van der Waals surface area (Å²) in [5.41, 5.74) is 0.332. The molecule has 0 spiro atoms. The molecule has 1 heterocycles. The maximum absolute atomic E-state index is 11.4. The maximum atomic E-state index is 11.4. The summed E-state index contributed by atoms with van der Waals surface area (Å²) in [4.78, 5) is 22.0. The molecule has 20 heavy (non-hydrogen) atoms. The van der Waals surface area contributed by atoms with Gasteiger partial charge < -0.3 is 10.6 Å². The van der Waals surface area contributed by atoms with Crippen molar-refractivity contribution in [1.29, 1.82) is 0 Å². The zero-order valence-corrected chi connectivity index (χ0v) is 12.3. The van der Waals surface area contributed by atoms with Gasteiger partial charge in [-0.1, -0.05) is 0 Å². The standard InChI is InChI=1S/C12H21N5O3/c1-5-13-10(18)6-7-14-12-11(17(19)20)9(4)15-16(12)8(2)3/h8,14H,5-7H2,1-4H3,(H,13,18). The van der Waals surface area contributed by atoms with Gasteiger partial charge in [0.15, 0.2) is 0 Å². The maximum Gasteiger partial charge on any atom is 0.333 e. The summed E-state index contributed by atoms with van der Waals surface area (Å²) in [6.45, 7) is 8.13. The number of hydrogen-bond acceptors (Lipinski definition) is 5.